The summed E-state index contributed by atoms with van der Waals surface area (Å²) in [5, 5.41) is 9.29. The summed E-state index contributed by atoms with van der Waals surface area (Å²) in [4.78, 5) is 7.65. The number of rotatable bonds is 2. The molecule has 0 spiro atoms. The number of ether oxygens (including phenoxy) is 2. The molecule has 2 unspecified atom stereocenters. The lowest BCUT2D eigenvalue weighted by Gasteiger charge is -2.35. The highest BCUT2D eigenvalue weighted by Crippen LogP contribution is 2.37. The molecule has 5 heteroatoms. The summed E-state index contributed by atoms with van der Waals surface area (Å²) in [5.74, 6) is 1.85. The number of hydrogen-bond acceptors (Lipinski definition) is 4. The molecule has 150 valence electrons. The van der Waals surface area contributed by atoms with Gasteiger partial charge in [0.15, 0.2) is 5.69 Å². The Balaban J connectivity index is 1.46. The second-order valence-electron chi connectivity index (χ2n) is 7.77. The number of nitriles is 1. The summed E-state index contributed by atoms with van der Waals surface area (Å²) in [7, 11) is 0. The summed E-state index contributed by atoms with van der Waals surface area (Å²) in [5.41, 5.74) is 5.26. The highest BCUT2D eigenvalue weighted by Gasteiger charge is 2.34. The lowest BCUT2D eigenvalue weighted by molar-refractivity contribution is 0.0848. The van der Waals surface area contributed by atoms with E-state index in [0.717, 1.165) is 40.3 Å². The molecule has 2 heterocycles. The van der Waals surface area contributed by atoms with Crippen molar-refractivity contribution in [2.45, 2.75) is 18.9 Å². The van der Waals surface area contributed by atoms with E-state index in [1.165, 1.54) is 5.56 Å². The Morgan fingerprint density at radius 2 is 1.84 bits per heavy atom. The van der Waals surface area contributed by atoms with Crippen molar-refractivity contribution >= 4 is 11.4 Å². The van der Waals surface area contributed by atoms with Crippen LogP contribution in [0.5, 0.6) is 11.5 Å². The number of benzene rings is 3. The second-order valence-corrected chi connectivity index (χ2v) is 7.77. The Labute approximate surface area is 181 Å². The van der Waals surface area contributed by atoms with Crippen LogP contribution in [-0.2, 0) is 6.42 Å². The molecule has 0 N–H and O–H groups in total. The number of aliphatic imine (C=N–C) groups is 1. The minimum Gasteiger partial charge on any atom is -0.493 e. The average Bonchev–Trinajstić information content (AvgIpc) is 2.83. The topological polar surface area (TPSA) is 59.0 Å². The molecule has 5 nitrogen and oxygen atoms in total. The van der Waals surface area contributed by atoms with E-state index in [4.69, 9.17) is 16.0 Å². The molecule has 0 bridgehead atoms. The van der Waals surface area contributed by atoms with Gasteiger partial charge in [0.25, 0.3) is 0 Å². The predicted octanol–water partition coefficient (Wildman–Crippen LogP) is 5.58. The maximum absolute atomic E-state index is 9.29. The first-order valence-electron chi connectivity index (χ1n) is 10.2. The number of nitrogens with zero attached hydrogens (tertiary/aromatic N) is 3. The van der Waals surface area contributed by atoms with E-state index in [1.54, 1.807) is 6.07 Å². The molecule has 0 saturated carbocycles. The minimum absolute atomic E-state index is 0.107. The van der Waals surface area contributed by atoms with Gasteiger partial charge in [-0.1, -0.05) is 42.5 Å². The van der Waals surface area contributed by atoms with E-state index in [-0.39, 0.29) is 12.0 Å². The first kappa shape index (κ1) is 18.9. The van der Waals surface area contributed by atoms with Crippen LogP contribution in [0.3, 0.4) is 0 Å². The second kappa shape index (κ2) is 7.97. The number of para-hydroxylation sites is 1. The van der Waals surface area contributed by atoms with Gasteiger partial charge in [-0.3, -0.25) is 0 Å². The van der Waals surface area contributed by atoms with E-state index in [2.05, 4.69) is 15.9 Å². The van der Waals surface area contributed by atoms with Crippen molar-refractivity contribution in [3.8, 4) is 28.8 Å². The van der Waals surface area contributed by atoms with Gasteiger partial charge < -0.3 is 9.47 Å². The van der Waals surface area contributed by atoms with Crippen LogP contribution in [0.15, 0.2) is 71.7 Å². The number of fused-ring (bicyclic) bond motifs is 2. The molecule has 2 aliphatic rings. The third-order valence-electron chi connectivity index (χ3n) is 5.89. The maximum atomic E-state index is 9.29. The normalized spacial score (nSPS) is 20.4. The van der Waals surface area contributed by atoms with Crippen molar-refractivity contribution in [3.05, 3.63) is 89.3 Å². The molecule has 0 aromatic heterocycles. The lowest BCUT2D eigenvalue weighted by Crippen LogP contribution is -2.39. The van der Waals surface area contributed by atoms with Crippen molar-refractivity contribution in [1.29, 1.82) is 5.26 Å². The van der Waals surface area contributed by atoms with Gasteiger partial charge in [-0.25, -0.2) is 4.85 Å². The Morgan fingerprint density at radius 1 is 0.968 bits per heavy atom. The van der Waals surface area contributed by atoms with E-state index in [0.29, 0.717) is 18.7 Å². The van der Waals surface area contributed by atoms with Crippen LogP contribution in [0.4, 0.5) is 5.69 Å². The van der Waals surface area contributed by atoms with Crippen LogP contribution in [0.2, 0.25) is 0 Å². The molecule has 0 amide bonds. The Kier molecular flexibility index (Phi) is 4.86. The lowest BCUT2D eigenvalue weighted by atomic mass is 9.86. The van der Waals surface area contributed by atoms with Crippen LogP contribution in [0.1, 0.15) is 17.5 Å². The fourth-order valence-electron chi connectivity index (χ4n) is 4.32. The van der Waals surface area contributed by atoms with E-state index in [9.17, 15) is 5.26 Å². The van der Waals surface area contributed by atoms with Gasteiger partial charge in [-0.05, 0) is 47.4 Å². The third-order valence-corrected chi connectivity index (χ3v) is 5.89. The first-order chi connectivity index (χ1) is 15.2. The molecule has 3 aromatic carbocycles. The highest BCUT2D eigenvalue weighted by molar-refractivity contribution is 6.05. The van der Waals surface area contributed by atoms with Crippen LogP contribution in [0.25, 0.3) is 16.0 Å². The fraction of sp³-hybridized carbons (Fsp3) is 0.192. The van der Waals surface area contributed by atoms with Crippen molar-refractivity contribution < 1.29 is 9.47 Å². The highest BCUT2D eigenvalue weighted by atomic mass is 16.5. The molecule has 0 aliphatic carbocycles. The summed E-state index contributed by atoms with van der Waals surface area (Å²) < 4.78 is 12.3. The molecule has 2 aliphatic heterocycles. The summed E-state index contributed by atoms with van der Waals surface area (Å²) >= 11 is 0. The number of hydrogen-bond donors (Lipinski definition) is 0. The zero-order valence-electron chi connectivity index (χ0n) is 16.8. The van der Waals surface area contributed by atoms with E-state index >= 15 is 0 Å². The monoisotopic (exact) mass is 405 g/mol. The summed E-state index contributed by atoms with van der Waals surface area (Å²) in [6.07, 6.45) is 3.28. The fourth-order valence-corrected chi connectivity index (χ4v) is 4.32. The van der Waals surface area contributed by atoms with Crippen molar-refractivity contribution in [2.75, 3.05) is 6.61 Å². The third kappa shape index (κ3) is 3.63. The molecule has 0 fully saturated rings. The Morgan fingerprint density at radius 3 is 2.71 bits per heavy atom. The molecule has 31 heavy (non-hydrogen) atoms. The largest absolute Gasteiger partial charge is 0.493 e. The molecule has 0 saturated heterocycles. The van der Waals surface area contributed by atoms with Crippen LogP contribution >= 0.6 is 0 Å². The van der Waals surface area contributed by atoms with Gasteiger partial charge in [0, 0.05) is 17.9 Å². The molecule has 0 radical (unpaired) electrons. The van der Waals surface area contributed by atoms with E-state index < -0.39 is 0 Å². The zero-order valence-corrected chi connectivity index (χ0v) is 16.8. The molecule has 2 atom stereocenters. The van der Waals surface area contributed by atoms with Gasteiger partial charge >= 0.3 is 0 Å². The quantitative estimate of drug-likeness (QED) is 0.413. The van der Waals surface area contributed by atoms with Gasteiger partial charge in [0.1, 0.15) is 17.6 Å². The smallest absolute Gasteiger partial charge is 0.205 e. The zero-order chi connectivity index (χ0) is 21.2. The van der Waals surface area contributed by atoms with Gasteiger partial charge in [0.05, 0.1) is 18.9 Å². The average molecular weight is 405 g/mol. The minimum atomic E-state index is -0.107. The van der Waals surface area contributed by atoms with Crippen LogP contribution in [-0.4, -0.2) is 18.4 Å². The van der Waals surface area contributed by atoms with E-state index in [1.807, 2.05) is 60.8 Å². The Hall–Kier alpha value is -4.09. The Bertz CT molecular complexity index is 1270. The molecular weight excluding hydrogens is 386 g/mol. The van der Waals surface area contributed by atoms with Gasteiger partial charge in [0.2, 0.25) is 6.19 Å². The summed E-state index contributed by atoms with van der Waals surface area (Å²) in [6, 6.07) is 21.5. The predicted molar refractivity (Wildman–Crippen MR) is 118 cm³/mol. The van der Waals surface area contributed by atoms with Crippen molar-refractivity contribution in [1.82, 2.24) is 0 Å². The molecular formula is C26H19N3O2. The van der Waals surface area contributed by atoms with Crippen LogP contribution in [0, 0.1) is 23.9 Å². The maximum Gasteiger partial charge on any atom is 0.205 e. The van der Waals surface area contributed by atoms with Gasteiger partial charge in [-0.15, -0.1) is 0 Å². The standard InChI is InChI=1S/C26H19N3O2/c1-28-21-7-4-6-17(12-21)18-9-10-25-22(13-18)23(29-16-27)14-26(31-25)20-11-19-5-2-3-8-24(19)30-15-20/h2-10,12-13,20,26H,11,14-15H2/b29-23+. The molecule has 3 aromatic rings. The van der Waals surface area contributed by atoms with Crippen molar-refractivity contribution in [3.63, 3.8) is 0 Å². The van der Waals surface area contributed by atoms with Gasteiger partial charge in [-0.2, -0.15) is 10.3 Å². The summed E-state index contributed by atoms with van der Waals surface area (Å²) in [6.45, 7) is 7.83. The molecule has 5 rings (SSSR count). The van der Waals surface area contributed by atoms with Crippen LogP contribution < -0.4 is 9.47 Å². The van der Waals surface area contributed by atoms with Crippen molar-refractivity contribution in [2.24, 2.45) is 10.9 Å². The first-order valence-corrected chi connectivity index (χ1v) is 10.2. The SMILES string of the molecule is [C-]#[N+]c1cccc(-c2ccc3c(c2)/C(=N/C#N)CC(C2COc4ccccc4C2)O3)c1.